The first-order chi connectivity index (χ1) is 6.67. The first kappa shape index (κ1) is 10.8. The zero-order chi connectivity index (χ0) is 10.6. The molecule has 0 bridgehead atoms. The highest BCUT2D eigenvalue weighted by Gasteiger charge is 2.03. The molecule has 14 heavy (non-hydrogen) atoms. The fourth-order valence-corrected chi connectivity index (χ4v) is 1.37. The Hall–Kier alpha value is -1.27. The molecule has 1 rings (SSSR count). The molecule has 0 heterocycles. The molecule has 3 heteroatoms. The molecule has 0 N–H and O–H groups in total. The zero-order valence-electron chi connectivity index (χ0n) is 7.66. The summed E-state index contributed by atoms with van der Waals surface area (Å²) in [4.78, 5) is 10.5. The van der Waals surface area contributed by atoms with Gasteiger partial charge in [0.05, 0.1) is 0 Å². The molecule has 0 fully saturated rings. The van der Waals surface area contributed by atoms with Crippen LogP contribution in [-0.4, -0.2) is 12.4 Å². The second kappa shape index (κ2) is 4.83. The first-order valence-electron chi connectivity index (χ1n) is 4.05. The third kappa shape index (κ3) is 2.61. The third-order valence-electron chi connectivity index (χ3n) is 1.65. The van der Waals surface area contributed by atoms with Gasteiger partial charge < -0.3 is 4.74 Å². The van der Waals surface area contributed by atoms with Crippen molar-refractivity contribution in [2.45, 2.75) is 13.0 Å². The van der Waals surface area contributed by atoms with Crippen molar-refractivity contribution in [2.75, 3.05) is 0 Å². The molecule has 0 radical (unpaired) electrons. The predicted octanol–water partition coefficient (Wildman–Crippen LogP) is 2.66. The molecular weight excluding hydrogens is 244 g/mol. The largest absolute Gasteiger partial charge is 0.478 e. The molecule has 1 aromatic rings. The molecule has 0 aromatic heterocycles. The van der Waals surface area contributed by atoms with Crippen molar-refractivity contribution in [3.05, 3.63) is 28.2 Å². The van der Waals surface area contributed by atoms with Crippen molar-refractivity contribution in [1.29, 1.82) is 0 Å². The van der Waals surface area contributed by atoms with Crippen molar-refractivity contribution in [1.82, 2.24) is 0 Å². The lowest BCUT2D eigenvalue weighted by atomic mass is 10.2. The van der Waals surface area contributed by atoms with E-state index in [-0.39, 0.29) is 6.10 Å². The molecule has 72 valence electrons. The van der Waals surface area contributed by atoms with E-state index in [2.05, 4.69) is 21.9 Å². The number of rotatable bonds is 3. The van der Waals surface area contributed by atoms with E-state index in [4.69, 9.17) is 11.2 Å². The maximum atomic E-state index is 10.5. The van der Waals surface area contributed by atoms with Gasteiger partial charge >= 0.3 is 0 Å². The van der Waals surface area contributed by atoms with Gasteiger partial charge in [0.2, 0.25) is 0 Å². The van der Waals surface area contributed by atoms with Crippen LogP contribution in [0.5, 0.6) is 5.75 Å². The molecule has 0 saturated carbocycles. The van der Waals surface area contributed by atoms with Crippen LogP contribution in [0.4, 0.5) is 0 Å². The lowest BCUT2D eigenvalue weighted by molar-refractivity contribution is 0.112. The van der Waals surface area contributed by atoms with Crippen LogP contribution in [-0.2, 0) is 0 Å². The van der Waals surface area contributed by atoms with E-state index in [0.717, 1.165) is 6.29 Å². The summed E-state index contributed by atoms with van der Waals surface area (Å²) < 4.78 is 6.06. The van der Waals surface area contributed by atoms with Crippen LogP contribution in [0.3, 0.4) is 0 Å². The highest BCUT2D eigenvalue weighted by Crippen LogP contribution is 2.22. The van der Waals surface area contributed by atoms with E-state index in [1.54, 1.807) is 25.1 Å². The summed E-state index contributed by atoms with van der Waals surface area (Å²) in [5.41, 5.74) is 0.589. The van der Waals surface area contributed by atoms with Gasteiger partial charge in [-0.3, -0.25) is 4.79 Å². The van der Waals surface area contributed by atoms with Crippen molar-refractivity contribution in [2.24, 2.45) is 0 Å². The molecule has 0 aliphatic carbocycles. The van der Waals surface area contributed by atoms with Crippen LogP contribution in [0, 0.1) is 12.3 Å². The molecule has 0 aliphatic heterocycles. The Balaban J connectivity index is 2.87. The van der Waals surface area contributed by atoms with E-state index >= 15 is 0 Å². The SMILES string of the molecule is C#CC(C)Oc1ccc(C=O)c(Br)c1. The standard InChI is InChI=1S/C11H9BrO2/c1-3-8(2)14-10-5-4-9(7-13)11(12)6-10/h1,4-8H,2H3. The maximum absolute atomic E-state index is 10.5. The van der Waals surface area contributed by atoms with Gasteiger partial charge in [0, 0.05) is 10.0 Å². The Bertz CT molecular complexity index is 379. The summed E-state index contributed by atoms with van der Waals surface area (Å²) in [6, 6.07) is 5.11. The Kier molecular flexibility index (Phi) is 3.73. The second-order valence-corrected chi connectivity index (χ2v) is 3.58. The summed E-state index contributed by atoms with van der Waals surface area (Å²) in [6.07, 6.45) is 5.67. The van der Waals surface area contributed by atoms with Gasteiger partial charge in [-0.05, 0) is 41.1 Å². The van der Waals surface area contributed by atoms with Gasteiger partial charge in [0.1, 0.15) is 5.75 Å². The van der Waals surface area contributed by atoms with E-state index in [1.807, 2.05) is 0 Å². The summed E-state index contributed by atoms with van der Waals surface area (Å²) in [5, 5.41) is 0. The minimum atomic E-state index is -0.274. The van der Waals surface area contributed by atoms with Crippen LogP contribution in [0.2, 0.25) is 0 Å². The maximum Gasteiger partial charge on any atom is 0.156 e. The van der Waals surface area contributed by atoms with Crippen molar-refractivity contribution < 1.29 is 9.53 Å². The van der Waals surface area contributed by atoms with Crippen LogP contribution in [0.25, 0.3) is 0 Å². The normalized spacial score (nSPS) is 11.5. The van der Waals surface area contributed by atoms with E-state index in [0.29, 0.717) is 15.8 Å². The number of benzene rings is 1. The fourth-order valence-electron chi connectivity index (χ4n) is 0.915. The van der Waals surface area contributed by atoms with Gasteiger partial charge in [-0.2, -0.15) is 0 Å². The number of halogens is 1. The van der Waals surface area contributed by atoms with Gasteiger partial charge in [-0.15, -0.1) is 6.42 Å². The third-order valence-corrected chi connectivity index (χ3v) is 2.33. The van der Waals surface area contributed by atoms with Gasteiger partial charge in [0.25, 0.3) is 0 Å². The van der Waals surface area contributed by atoms with Crippen molar-refractivity contribution in [3.8, 4) is 18.1 Å². The van der Waals surface area contributed by atoms with Crippen molar-refractivity contribution >= 4 is 22.2 Å². The second-order valence-electron chi connectivity index (χ2n) is 2.73. The Morgan fingerprint density at radius 1 is 1.64 bits per heavy atom. The number of ether oxygens (including phenoxy) is 1. The molecule has 2 nitrogen and oxygen atoms in total. The average molecular weight is 253 g/mol. The van der Waals surface area contributed by atoms with Crippen LogP contribution in [0.15, 0.2) is 22.7 Å². The van der Waals surface area contributed by atoms with E-state index < -0.39 is 0 Å². The summed E-state index contributed by atoms with van der Waals surface area (Å²) >= 11 is 3.26. The Morgan fingerprint density at radius 3 is 2.86 bits per heavy atom. The molecule has 0 aliphatic rings. The minimum Gasteiger partial charge on any atom is -0.478 e. The van der Waals surface area contributed by atoms with Gasteiger partial charge in [-0.1, -0.05) is 5.92 Å². The molecule has 0 saturated heterocycles. The topological polar surface area (TPSA) is 26.3 Å². The van der Waals surface area contributed by atoms with Gasteiger partial charge in [0.15, 0.2) is 12.4 Å². The molecule has 0 amide bonds. The number of hydrogen-bond donors (Lipinski definition) is 0. The quantitative estimate of drug-likeness (QED) is 0.611. The number of carbonyl (C=O) groups is 1. The van der Waals surface area contributed by atoms with E-state index in [1.165, 1.54) is 0 Å². The summed E-state index contributed by atoms with van der Waals surface area (Å²) in [7, 11) is 0. The van der Waals surface area contributed by atoms with Gasteiger partial charge in [-0.25, -0.2) is 0 Å². The Morgan fingerprint density at radius 2 is 2.36 bits per heavy atom. The molecule has 0 spiro atoms. The first-order valence-corrected chi connectivity index (χ1v) is 4.84. The number of terminal acetylenes is 1. The summed E-state index contributed by atoms with van der Waals surface area (Å²) in [6.45, 7) is 1.78. The number of aldehydes is 1. The predicted molar refractivity (Wildman–Crippen MR) is 58.5 cm³/mol. The number of hydrogen-bond acceptors (Lipinski definition) is 2. The van der Waals surface area contributed by atoms with E-state index in [9.17, 15) is 4.79 Å². The zero-order valence-corrected chi connectivity index (χ0v) is 9.24. The molecule has 1 aromatic carbocycles. The van der Waals surface area contributed by atoms with Crippen LogP contribution >= 0.6 is 15.9 Å². The molecule has 1 atom stereocenters. The molecular formula is C11H9BrO2. The van der Waals surface area contributed by atoms with Crippen LogP contribution in [0.1, 0.15) is 17.3 Å². The Labute approximate surface area is 91.4 Å². The molecule has 1 unspecified atom stereocenters. The smallest absolute Gasteiger partial charge is 0.156 e. The minimum absolute atomic E-state index is 0.274. The monoisotopic (exact) mass is 252 g/mol. The average Bonchev–Trinajstić information content (AvgIpc) is 2.18. The lowest BCUT2D eigenvalue weighted by Gasteiger charge is -2.09. The fraction of sp³-hybridized carbons (Fsp3) is 0.182. The highest BCUT2D eigenvalue weighted by molar-refractivity contribution is 9.10. The lowest BCUT2D eigenvalue weighted by Crippen LogP contribution is -2.08. The highest BCUT2D eigenvalue weighted by atomic mass is 79.9. The number of carbonyl (C=O) groups excluding carboxylic acids is 1. The van der Waals surface area contributed by atoms with Crippen LogP contribution < -0.4 is 4.74 Å². The summed E-state index contributed by atoms with van der Waals surface area (Å²) in [5.74, 6) is 3.10. The van der Waals surface area contributed by atoms with Crippen molar-refractivity contribution in [3.63, 3.8) is 0 Å².